The molecule has 0 radical (unpaired) electrons. The van der Waals surface area contributed by atoms with Crippen LogP contribution in [0.4, 0.5) is 5.82 Å². The maximum absolute atomic E-state index is 6.12. The van der Waals surface area contributed by atoms with Gasteiger partial charge in [0.05, 0.1) is 11.4 Å². The van der Waals surface area contributed by atoms with Crippen LogP contribution in [0.1, 0.15) is 31.2 Å². The SMILES string of the molecule is C=Cc1c(/C=C\C)nc(-c2ccc(N3CCC(NC)CC3)nc2)n1-c1ccc(Cl)cc1. The second-order valence-electron chi connectivity index (χ2n) is 7.68. The Kier molecular flexibility index (Phi) is 6.54. The molecule has 6 heteroatoms. The van der Waals surface area contributed by atoms with E-state index in [0.29, 0.717) is 11.1 Å². The highest BCUT2D eigenvalue weighted by Crippen LogP contribution is 2.30. The molecule has 1 saturated heterocycles. The Labute approximate surface area is 189 Å². The number of piperidine rings is 1. The van der Waals surface area contributed by atoms with E-state index in [9.17, 15) is 0 Å². The quantitative estimate of drug-likeness (QED) is 0.561. The first-order chi connectivity index (χ1) is 15.1. The Balaban J connectivity index is 1.72. The Morgan fingerprint density at radius 3 is 2.45 bits per heavy atom. The van der Waals surface area contributed by atoms with E-state index in [1.807, 2.05) is 62.7 Å². The number of aromatic nitrogens is 3. The molecule has 0 unspecified atom stereocenters. The number of nitrogens with one attached hydrogen (secondary N) is 1. The third-order valence-corrected chi connectivity index (χ3v) is 6.03. The van der Waals surface area contributed by atoms with Crippen molar-refractivity contribution in [2.75, 3.05) is 25.0 Å². The van der Waals surface area contributed by atoms with Crippen molar-refractivity contribution in [2.45, 2.75) is 25.8 Å². The summed E-state index contributed by atoms with van der Waals surface area (Å²) in [5, 5.41) is 4.08. The summed E-state index contributed by atoms with van der Waals surface area (Å²) in [4.78, 5) is 12.0. The molecule has 1 aliphatic rings. The predicted octanol–water partition coefficient (Wildman–Crippen LogP) is 5.45. The zero-order valence-corrected chi connectivity index (χ0v) is 18.8. The minimum atomic E-state index is 0.602. The van der Waals surface area contributed by atoms with Crippen molar-refractivity contribution in [3.8, 4) is 17.1 Å². The van der Waals surface area contributed by atoms with Crippen LogP contribution in [0, 0.1) is 0 Å². The van der Waals surface area contributed by atoms with Gasteiger partial charge in [-0.25, -0.2) is 9.97 Å². The molecule has 1 N–H and O–H groups in total. The van der Waals surface area contributed by atoms with Crippen molar-refractivity contribution >= 4 is 29.6 Å². The number of nitrogens with zero attached hydrogens (tertiary/aromatic N) is 4. The number of rotatable bonds is 6. The average Bonchev–Trinajstić information content (AvgIpc) is 3.18. The summed E-state index contributed by atoms with van der Waals surface area (Å²) >= 11 is 6.12. The summed E-state index contributed by atoms with van der Waals surface area (Å²) in [6.45, 7) is 8.05. The lowest BCUT2D eigenvalue weighted by Gasteiger charge is -2.32. The summed E-state index contributed by atoms with van der Waals surface area (Å²) < 4.78 is 2.10. The van der Waals surface area contributed by atoms with Crippen LogP contribution in [0.2, 0.25) is 5.02 Å². The van der Waals surface area contributed by atoms with Gasteiger partial charge in [-0.2, -0.15) is 0 Å². The fourth-order valence-electron chi connectivity index (χ4n) is 4.07. The van der Waals surface area contributed by atoms with Gasteiger partial charge in [0.1, 0.15) is 11.6 Å². The van der Waals surface area contributed by atoms with Crippen molar-refractivity contribution in [1.82, 2.24) is 19.9 Å². The maximum Gasteiger partial charge on any atom is 0.147 e. The first-order valence-electron chi connectivity index (χ1n) is 10.7. The first-order valence-corrected chi connectivity index (χ1v) is 11.0. The van der Waals surface area contributed by atoms with Crippen molar-refractivity contribution < 1.29 is 0 Å². The van der Waals surface area contributed by atoms with E-state index >= 15 is 0 Å². The van der Waals surface area contributed by atoms with Gasteiger partial charge in [0, 0.05) is 41.6 Å². The van der Waals surface area contributed by atoms with Gasteiger partial charge >= 0.3 is 0 Å². The summed E-state index contributed by atoms with van der Waals surface area (Å²) in [6, 6.07) is 12.6. The van der Waals surface area contributed by atoms with Gasteiger partial charge in [0.25, 0.3) is 0 Å². The molecule has 3 aromatic rings. The van der Waals surface area contributed by atoms with Crippen molar-refractivity contribution in [2.24, 2.45) is 0 Å². The molecule has 0 bridgehead atoms. The van der Waals surface area contributed by atoms with Crippen LogP contribution in [0.5, 0.6) is 0 Å². The molecule has 0 amide bonds. The van der Waals surface area contributed by atoms with Crippen LogP contribution in [-0.2, 0) is 0 Å². The summed E-state index contributed by atoms with van der Waals surface area (Å²) in [6.07, 6.45) is 10.0. The molecule has 5 nitrogen and oxygen atoms in total. The number of imidazole rings is 1. The van der Waals surface area contributed by atoms with Crippen LogP contribution in [0.15, 0.2) is 55.3 Å². The molecule has 0 aliphatic carbocycles. The third kappa shape index (κ3) is 4.43. The van der Waals surface area contributed by atoms with Gasteiger partial charge in [0.2, 0.25) is 0 Å². The molecule has 160 valence electrons. The van der Waals surface area contributed by atoms with E-state index in [0.717, 1.165) is 60.2 Å². The molecule has 2 aromatic heterocycles. The van der Waals surface area contributed by atoms with Gasteiger partial charge in [-0.1, -0.05) is 24.3 Å². The van der Waals surface area contributed by atoms with Crippen LogP contribution >= 0.6 is 11.6 Å². The molecule has 1 aromatic carbocycles. The van der Waals surface area contributed by atoms with E-state index in [2.05, 4.69) is 33.5 Å². The molecule has 31 heavy (non-hydrogen) atoms. The van der Waals surface area contributed by atoms with E-state index in [1.54, 1.807) is 0 Å². The van der Waals surface area contributed by atoms with Crippen molar-refractivity contribution in [3.05, 3.63) is 71.7 Å². The monoisotopic (exact) mass is 433 g/mol. The molecule has 1 aliphatic heterocycles. The normalized spacial score (nSPS) is 15.0. The lowest BCUT2D eigenvalue weighted by molar-refractivity contribution is 0.441. The van der Waals surface area contributed by atoms with Gasteiger partial charge < -0.3 is 10.2 Å². The fourth-order valence-corrected chi connectivity index (χ4v) is 4.20. The number of allylic oxidation sites excluding steroid dienone is 1. The molecular weight excluding hydrogens is 406 g/mol. The zero-order valence-electron chi connectivity index (χ0n) is 18.1. The Hall–Kier alpha value is -2.89. The predicted molar refractivity (Wildman–Crippen MR) is 131 cm³/mol. The summed E-state index contributed by atoms with van der Waals surface area (Å²) in [5.74, 6) is 1.85. The van der Waals surface area contributed by atoms with E-state index in [4.69, 9.17) is 21.6 Å². The molecule has 0 spiro atoms. The van der Waals surface area contributed by atoms with Crippen LogP contribution in [0.3, 0.4) is 0 Å². The van der Waals surface area contributed by atoms with Gasteiger partial charge in [0.15, 0.2) is 0 Å². The highest BCUT2D eigenvalue weighted by atomic mass is 35.5. The molecular formula is C25H28ClN5. The number of benzene rings is 1. The number of anilines is 1. The average molecular weight is 434 g/mol. The fraction of sp³-hybridized carbons (Fsp3) is 0.280. The van der Waals surface area contributed by atoms with E-state index in [-0.39, 0.29) is 0 Å². The molecule has 4 rings (SSSR count). The lowest BCUT2D eigenvalue weighted by Crippen LogP contribution is -2.41. The maximum atomic E-state index is 6.12. The first kappa shape index (κ1) is 21.3. The summed E-state index contributed by atoms with van der Waals surface area (Å²) in [7, 11) is 2.04. The topological polar surface area (TPSA) is 46.0 Å². The van der Waals surface area contributed by atoms with E-state index in [1.165, 1.54) is 0 Å². The zero-order chi connectivity index (χ0) is 21.8. The molecule has 0 atom stereocenters. The number of hydrogen-bond acceptors (Lipinski definition) is 4. The van der Waals surface area contributed by atoms with Crippen molar-refractivity contribution in [1.29, 1.82) is 0 Å². The second-order valence-corrected chi connectivity index (χ2v) is 8.11. The van der Waals surface area contributed by atoms with Gasteiger partial charge in [-0.3, -0.25) is 4.57 Å². The standard InChI is InChI=1S/C25H28ClN5/c1-4-6-22-23(5-2)31(21-10-8-19(26)9-11-21)25(29-22)18-7-12-24(28-17-18)30-15-13-20(27-3)14-16-30/h4-12,17,20,27H,2,13-16H2,1,3H3/b6-4-. The number of pyridine rings is 1. The molecule has 0 saturated carbocycles. The number of hydrogen-bond donors (Lipinski definition) is 1. The highest BCUT2D eigenvalue weighted by molar-refractivity contribution is 6.30. The Morgan fingerprint density at radius 1 is 1.13 bits per heavy atom. The minimum Gasteiger partial charge on any atom is -0.357 e. The Bertz CT molecular complexity index is 1060. The number of halogens is 1. The minimum absolute atomic E-state index is 0.602. The van der Waals surface area contributed by atoms with Crippen molar-refractivity contribution in [3.63, 3.8) is 0 Å². The lowest BCUT2D eigenvalue weighted by atomic mass is 10.1. The third-order valence-electron chi connectivity index (χ3n) is 5.78. The molecule has 1 fully saturated rings. The second kappa shape index (κ2) is 9.50. The van der Waals surface area contributed by atoms with Crippen LogP contribution < -0.4 is 10.2 Å². The largest absolute Gasteiger partial charge is 0.357 e. The van der Waals surface area contributed by atoms with Gasteiger partial charge in [-0.15, -0.1) is 0 Å². The van der Waals surface area contributed by atoms with E-state index < -0.39 is 0 Å². The highest BCUT2D eigenvalue weighted by Gasteiger charge is 2.20. The molecule has 3 heterocycles. The van der Waals surface area contributed by atoms with Crippen LogP contribution in [0.25, 0.3) is 29.2 Å². The summed E-state index contributed by atoms with van der Waals surface area (Å²) in [5.41, 5.74) is 3.76. The Morgan fingerprint density at radius 2 is 1.87 bits per heavy atom. The smallest absolute Gasteiger partial charge is 0.147 e. The van der Waals surface area contributed by atoms with Crippen LogP contribution in [-0.4, -0.2) is 40.7 Å². The van der Waals surface area contributed by atoms with Gasteiger partial charge in [-0.05, 0) is 75.4 Å².